The number of ether oxygens (including phenoxy) is 2. The minimum Gasteiger partial charge on any atom is -0.480 e. The topological polar surface area (TPSA) is 123 Å². The molecule has 2 aromatic carbocycles. The molecule has 4 rings (SSSR count). The van der Waals surface area contributed by atoms with Crippen LogP contribution in [-0.2, 0) is 25.6 Å². The number of hydrogen-bond donors (Lipinski definition) is 2. The highest BCUT2D eigenvalue weighted by molar-refractivity contribution is 5.85. The van der Waals surface area contributed by atoms with Gasteiger partial charge in [-0.3, -0.25) is 19.6 Å². The lowest BCUT2D eigenvalue weighted by molar-refractivity contribution is -0.145. The second-order valence-corrected chi connectivity index (χ2v) is 8.08. The summed E-state index contributed by atoms with van der Waals surface area (Å²) in [5.74, 6) is -1.60. The van der Waals surface area contributed by atoms with Crippen LogP contribution in [0.3, 0.4) is 0 Å². The van der Waals surface area contributed by atoms with Crippen LogP contribution in [-0.4, -0.2) is 71.2 Å². The van der Waals surface area contributed by atoms with E-state index in [1.54, 1.807) is 0 Å². The number of anilines is 1. The van der Waals surface area contributed by atoms with Gasteiger partial charge in [-0.25, -0.2) is 4.79 Å². The minimum absolute atomic E-state index is 0.0548. The van der Waals surface area contributed by atoms with Crippen molar-refractivity contribution in [2.24, 2.45) is 0 Å². The van der Waals surface area contributed by atoms with Gasteiger partial charge in [0.1, 0.15) is 19.7 Å². The lowest BCUT2D eigenvalue weighted by atomic mass is 9.98. The van der Waals surface area contributed by atoms with E-state index in [9.17, 15) is 14.4 Å². The van der Waals surface area contributed by atoms with Crippen LogP contribution < -0.4 is 5.32 Å². The molecule has 0 radical (unpaired) electrons. The third kappa shape index (κ3) is 5.67. The number of hydrogen-bond acceptors (Lipinski definition) is 6. The molecule has 0 saturated heterocycles. The van der Waals surface area contributed by atoms with Gasteiger partial charge in [-0.05, 0) is 22.3 Å². The normalized spacial score (nSPS) is 12.0. The average molecular weight is 479 g/mol. The van der Waals surface area contributed by atoms with Crippen molar-refractivity contribution < 1.29 is 29.0 Å². The van der Waals surface area contributed by atoms with Crippen molar-refractivity contribution in [1.29, 1.82) is 0 Å². The third-order valence-corrected chi connectivity index (χ3v) is 5.76. The fraction of sp³-hybridized carbons (Fsp3) is 0.280. The van der Waals surface area contributed by atoms with E-state index in [-0.39, 0.29) is 32.2 Å². The maximum absolute atomic E-state index is 12.5. The number of aliphatic carboxylic acids is 1. The molecule has 0 fully saturated rings. The maximum Gasteiger partial charge on any atom is 0.411 e. The van der Waals surface area contributed by atoms with Crippen molar-refractivity contribution in [3.8, 4) is 11.1 Å². The van der Waals surface area contributed by atoms with E-state index in [0.29, 0.717) is 5.69 Å². The molecular formula is C25H26N4O6. The molecule has 1 aromatic heterocycles. The number of benzene rings is 2. The first-order chi connectivity index (χ1) is 17.0. The number of amides is 2. The van der Waals surface area contributed by atoms with Gasteiger partial charge in [-0.2, -0.15) is 5.10 Å². The summed E-state index contributed by atoms with van der Waals surface area (Å²) in [5.41, 5.74) is 4.88. The van der Waals surface area contributed by atoms with Crippen LogP contribution in [0.15, 0.2) is 60.9 Å². The van der Waals surface area contributed by atoms with Crippen LogP contribution in [0.2, 0.25) is 0 Å². The van der Waals surface area contributed by atoms with Crippen molar-refractivity contribution >= 4 is 23.7 Å². The number of rotatable bonds is 10. The first kappa shape index (κ1) is 24.0. The van der Waals surface area contributed by atoms with Crippen molar-refractivity contribution in [2.45, 2.75) is 12.5 Å². The quantitative estimate of drug-likeness (QED) is 0.459. The Bertz CT molecular complexity index is 1180. The number of carboxylic acids is 1. The first-order valence-corrected chi connectivity index (χ1v) is 11.1. The molecule has 0 saturated carbocycles. The van der Waals surface area contributed by atoms with Crippen LogP contribution in [0, 0.1) is 0 Å². The van der Waals surface area contributed by atoms with Gasteiger partial charge in [0.15, 0.2) is 0 Å². The monoisotopic (exact) mass is 478 g/mol. The van der Waals surface area contributed by atoms with Gasteiger partial charge in [0.25, 0.3) is 0 Å². The number of nitrogens with zero attached hydrogens (tertiary/aromatic N) is 3. The Morgan fingerprint density at radius 1 is 1.09 bits per heavy atom. The number of aromatic nitrogens is 2. The molecule has 182 valence electrons. The first-order valence-electron chi connectivity index (χ1n) is 11.1. The second-order valence-electron chi connectivity index (χ2n) is 8.08. The van der Waals surface area contributed by atoms with Crippen LogP contribution in [0.1, 0.15) is 17.0 Å². The highest BCUT2D eigenvalue weighted by Crippen LogP contribution is 2.44. The Kier molecular flexibility index (Phi) is 7.41. The van der Waals surface area contributed by atoms with Crippen molar-refractivity contribution in [3.05, 3.63) is 72.1 Å². The maximum atomic E-state index is 12.5. The van der Waals surface area contributed by atoms with E-state index in [2.05, 4.69) is 22.5 Å². The van der Waals surface area contributed by atoms with Crippen molar-refractivity contribution in [3.63, 3.8) is 0 Å². The van der Waals surface area contributed by atoms with E-state index in [4.69, 9.17) is 14.6 Å². The fourth-order valence-corrected chi connectivity index (χ4v) is 4.16. The summed E-state index contributed by atoms with van der Waals surface area (Å²) in [6.07, 6.45) is 2.24. The van der Waals surface area contributed by atoms with E-state index in [1.807, 2.05) is 36.4 Å². The summed E-state index contributed by atoms with van der Waals surface area (Å²) in [5, 5.41) is 15.7. The fourth-order valence-electron chi connectivity index (χ4n) is 4.16. The summed E-state index contributed by atoms with van der Waals surface area (Å²) in [4.78, 5) is 37.1. The van der Waals surface area contributed by atoms with E-state index in [0.717, 1.165) is 22.3 Å². The summed E-state index contributed by atoms with van der Waals surface area (Å²) >= 11 is 0. The molecule has 1 aliphatic rings. The molecule has 2 N–H and O–H groups in total. The summed E-state index contributed by atoms with van der Waals surface area (Å²) in [7, 11) is 1.47. The Labute approximate surface area is 202 Å². The zero-order valence-electron chi connectivity index (χ0n) is 19.2. The van der Waals surface area contributed by atoms with Crippen molar-refractivity contribution in [2.75, 3.05) is 38.7 Å². The number of carbonyl (C=O) groups excluding carboxylic acids is 2. The van der Waals surface area contributed by atoms with Gasteiger partial charge in [0, 0.05) is 25.8 Å². The molecular weight excluding hydrogens is 452 g/mol. The number of methoxy groups -OCH3 is 1. The van der Waals surface area contributed by atoms with E-state index >= 15 is 0 Å². The zero-order valence-corrected chi connectivity index (χ0v) is 19.2. The van der Waals surface area contributed by atoms with Crippen molar-refractivity contribution in [1.82, 2.24) is 14.7 Å². The van der Waals surface area contributed by atoms with Gasteiger partial charge < -0.3 is 19.5 Å². The molecule has 35 heavy (non-hydrogen) atoms. The highest BCUT2D eigenvalue weighted by atomic mass is 16.5. The molecule has 0 spiro atoms. The highest BCUT2D eigenvalue weighted by Gasteiger charge is 2.29. The van der Waals surface area contributed by atoms with Gasteiger partial charge >= 0.3 is 12.1 Å². The Hall–Kier alpha value is -4.18. The van der Waals surface area contributed by atoms with Gasteiger partial charge in [-0.1, -0.05) is 48.5 Å². The largest absolute Gasteiger partial charge is 0.480 e. The molecule has 0 unspecified atom stereocenters. The van der Waals surface area contributed by atoms with Gasteiger partial charge in [0.05, 0.1) is 18.5 Å². The van der Waals surface area contributed by atoms with Crippen LogP contribution in [0.25, 0.3) is 11.1 Å². The standard InChI is InChI=1S/C25H26N4O6/c1-34-11-10-28(15-24(31)32)23(30)14-29-13-17(12-26-29)27-25(33)35-16-22-20-8-4-2-6-18(20)19-7-3-5-9-21(19)22/h2-9,12-13,22H,10-11,14-16H2,1H3,(H,27,33)(H,31,32). The Balaban J connectivity index is 1.33. The average Bonchev–Trinajstić information content (AvgIpc) is 3.41. The molecule has 10 heteroatoms. The van der Waals surface area contributed by atoms with Crippen LogP contribution in [0.5, 0.6) is 0 Å². The Morgan fingerprint density at radius 3 is 2.37 bits per heavy atom. The number of carboxylic acid groups (broad SMARTS) is 1. The van der Waals surface area contributed by atoms with E-state index < -0.39 is 24.5 Å². The third-order valence-electron chi connectivity index (χ3n) is 5.76. The summed E-state index contributed by atoms with van der Waals surface area (Å²) in [6.45, 7) is -0.0751. The SMILES string of the molecule is COCCN(CC(=O)O)C(=O)Cn1cc(NC(=O)OCC2c3ccccc3-c3ccccc32)cn1. The van der Waals surface area contributed by atoms with Crippen LogP contribution >= 0.6 is 0 Å². The van der Waals surface area contributed by atoms with Gasteiger partial charge in [-0.15, -0.1) is 0 Å². The predicted molar refractivity (Wildman–Crippen MR) is 127 cm³/mol. The molecule has 0 atom stereocenters. The summed E-state index contributed by atoms with van der Waals surface area (Å²) in [6, 6.07) is 16.2. The number of nitrogens with one attached hydrogen (secondary N) is 1. The minimum atomic E-state index is -1.12. The lowest BCUT2D eigenvalue weighted by Crippen LogP contribution is -2.40. The van der Waals surface area contributed by atoms with E-state index in [1.165, 1.54) is 29.1 Å². The smallest absolute Gasteiger partial charge is 0.411 e. The number of carbonyl (C=O) groups is 3. The van der Waals surface area contributed by atoms with Gasteiger partial charge in [0.2, 0.25) is 5.91 Å². The molecule has 0 bridgehead atoms. The predicted octanol–water partition coefficient (Wildman–Crippen LogP) is 2.80. The zero-order chi connectivity index (χ0) is 24.8. The summed E-state index contributed by atoms with van der Waals surface area (Å²) < 4.78 is 11.8. The molecule has 10 nitrogen and oxygen atoms in total. The Morgan fingerprint density at radius 2 is 1.74 bits per heavy atom. The van der Waals surface area contributed by atoms with Crippen LogP contribution in [0.4, 0.5) is 10.5 Å². The molecule has 3 aromatic rings. The molecule has 2 amide bonds. The number of fused-ring (bicyclic) bond motifs is 3. The molecule has 0 aliphatic heterocycles. The molecule has 1 aliphatic carbocycles. The lowest BCUT2D eigenvalue weighted by Gasteiger charge is -2.20. The molecule has 1 heterocycles. The second kappa shape index (κ2) is 10.8.